The van der Waals surface area contributed by atoms with Gasteiger partial charge in [0.1, 0.15) is 17.3 Å². The second-order valence-corrected chi connectivity index (χ2v) is 7.03. The molecule has 0 aromatic carbocycles. The molecule has 0 aliphatic rings. The van der Waals surface area contributed by atoms with Crippen molar-refractivity contribution in [2.75, 3.05) is 20.3 Å². The summed E-state index contributed by atoms with van der Waals surface area (Å²) in [7, 11) is 1.61. The molecule has 0 radical (unpaired) electrons. The second kappa shape index (κ2) is 21.7. The molecule has 0 amide bonds. The molecule has 164 valence electrons. The minimum absolute atomic E-state index is 0.109. The number of unbranched alkanes of at least 4 members (excludes halogenated alkanes) is 3. The first kappa shape index (κ1) is 28.6. The van der Waals surface area contributed by atoms with E-state index in [1.165, 1.54) is 19.8 Å². The van der Waals surface area contributed by atoms with Crippen LogP contribution in [0.1, 0.15) is 97.8 Å². The average molecular weight is 401 g/mol. The number of methoxy groups -OCH3 is 1. The first-order valence-electron chi connectivity index (χ1n) is 10.5. The fourth-order valence-corrected chi connectivity index (χ4v) is 2.35. The number of hydrogen-bond acceptors (Lipinski definition) is 6. The van der Waals surface area contributed by atoms with E-state index >= 15 is 0 Å². The molecule has 0 N–H and O–H groups in total. The fourth-order valence-electron chi connectivity index (χ4n) is 2.35. The van der Waals surface area contributed by atoms with Crippen LogP contribution in [0.15, 0.2) is 0 Å². The van der Waals surface area contributed by atoms with Gasteiger partial charge in [-0.3, -0.25) is 9.59 Å². The summed E-state index contributed by atoms with van der Waals surface area (Å²) in [5.74, 6) is 0.380. The summed E-state index contributed by atoms with van der Waals surface area (Å²) in [5, 5.41) is 0. The Morgan fingerprint density at radius 2 is 1.21 bits per heavy atom. The zero-order chi connectivity index (χ0) is 21.6. The number of esters is 1. The number of ether oxygens (including phenoxy) is 2. The number of carbonyl (C=O) groups excluding carboxylic acids is 4. The number of rotatable bonds is 17. The monoisotopic (exact) mass is 400 g/mol. The molecule has 0 atom stereocenters. The maximum absolute atomic E-state index is 11.3. The quantitative estimate of drug-likeness (QED) is 0.262. The minimum Gasteiger partial charge on any atom is -0.466 e. The molecular weight excluding hydrogens is 360 g/mol. The lowest BCUT2D eigenvalue weighted by atomic mass is 10.1. The molecule has 0 bridgehead atoms. The van der Waals surface area contributed by atoms with Crippen LogP contribution in [0, 0.1) is 0 Å². The highest BCUT2D eigenvalue weighted by Gasteiger charge is 2.03. The summed E-state index contributed by atoms with van der Waals surface area (Å²) in [4.78, 5) is 43.5. The third-order valence-corrected chi connectivity index (χ3v) is 3.96. The van der Waals surface area contributed by atoms with Gasteiger partial charge >= 0.3 is 5.97 Å². The molecule has 6 nitrogen and oxygen atoms in total. The Kier molecular flexibility index (Phi) is 22.2. The van der Waals surface area contributed by atoms with Crippen molar-refractivity contribution in [1.29, 1.82) is 0 Å². The van der Waals surface area contributed by atoms with Crippen LogP contribution in [0.5, 0.6) is 0 Å². The van der Waals surface area contributed by atoms with Crippen LogP contribution in [-0.4, -0.2) is 43.6 Å². The Hall–Kier alpha value is -1.56. The predicted octanol–water partition coefficient (Wildman–Crippen LogP) is 4.61. The van der Waals surface area contributed by atoms with Crippen LogP contribution < -0.4 is 0 Å². The molecule has 0 saturated heterocycles. The van der Waals surface area contributed by atoms with Crippen molar-refractivity contribution in [2.24, 2.45) is 0 Å². The summed E-state index contributed by atoms with van der Waals surface area (Å²) >= 11 is 0. The lowest BCUT2D eigenvalue weighted by Gasteiger charge is -2.03. The van der Waals surface area contributed by atoms with Gasteiger partial charge in [-0.25, -0.2) is 0 Å². The number of Topliss-reactive ketones (excluding diaryl/α,β-unsaturated/α-hetero) is 3. The second-order valence-electron chi connectivity index (χ2n) is 7.03. The Labute approximate surface area is 170 Å². The van der Waals surface area contributed by atoms with Gasteiger partial charge in [0.2, 0.25) is 0 Å². The fraction of sp³-hybridized carbons (Fsp3) is 0.818. The topological polar surface area (TPSA) is 86.7 Å². The molecule has 0 rings (SSSR count). The van der Waals surface area contributed by atoms with E-state index < -0.39 is 0 Å². The summed E-state index contributed by atoms with van der Waals surface area (Å²) in [6, 6.07) is 0. The van der Waals surface area contributed by atoms with Gasteiger partial charge in [0.25, 0.3) is 0 Å². The van der Waals surface area contributed by atoms with E-state index in [1.807, 2.05) is 0 Å². The molecular formula is C22H40O6. The van der Waals surface area contributed by atoms with Gasteiger partial charge in [0.05, 0.1) is 6.61 Å². The molecule has 0 heterocycles. The third-order valence-electron chi connectivity index (χ3n) is 3.96. The average Bonchev–Trinajstić information content (AvgIpc) is 2.62. The summed E-state index contributed by atoms with van der Waals surface area (Å²) in [6.07, 6.45) is 9.28. The van der Waals surface area contributed by atoms with Gasteiger partial charge < -0.3 is 19.1 Å². The minimum atomic E-state index is -0.234. The van der Waals surface area contributed by atoms with Crippen molar-refractivity contribution in [3.8, 4) is 0 Å². The zero-order valence-electron chi connectivity index (χ0n) is 18.3. The van der Waals surface area contributed by atoms with Crippen LogP contribution in [0.3, 0.4) is 0 Å². The first-order valence-corrected chi connectivity index (χ1v) is 10.5. The third kappa shape index (κ3) is 26.7. The normalized spacial score (nSPS) is 10.0. The highest BCUT2D eigenvalue weighted by atomic mass is 16.5. The van der Waals surface area contributed by atoms with Crippen molar-refractivity contribution in [2.45, 2.75) is 97.8 Å². The van der Waals surface area contributed by atoms with Gasteiger partial charge in [-0.05, 0) is 33.1 Å². The van der Waals surface area contributed by atoms with E-state index in [0.29, 0.717) is 57.5 Å². The molecule has 0 aliphatic heterocycles. The maximum atomic E-state index is 11.3. The standard InChI is InChI=1S/C12H22O2.C10H18O4/c1-3-4-5-6-9-12(14)10-7-8-11(2)13;1-9(11)5-3-6-10(12)14-8-4-7-13-2/h3-10H2,1-2H3;3-8H2,1-2H3. The van der Waals surface area contributed by atoms with E-state index in [2.05, 4.69) is 6.92 Å². The van der Waals surface area contributed by atoms with Crippen LogP contribution >= 0.6 is 0 Å². The molecule has 28 heavy (non-hydrogen) atoms. The first-order chi connectivity index (χ1) is 13.3. The maximum Gasteiger partial charge on any atom is 0.305 e. The number of carbonyl (C=O) groups is 4. The summed E-state index contributed by atoms with van der Waals surface area (Å²) in [5.41, 5.74) is 0. The Balaban J connectivity index is 0. The van der Waals surface area contributed by atoms with E-state index in [4.69, 9.17) is 9.47 Å². The van der Waals surface area contributed by atoms with E-state index in [-0.39, 0.29) is 17.5 Å². The Morgan fingerprint density at radius 1 is 0.643 bits per heavy atom. The van der Waals surface area contributed by atoms with E-state index in [0.717, 1.165) is 25.7 Å². The predicted molar refractivity (Wildman–Crippen MR) is 110 cm³/mol. The smallest absolute Gasteiger partial charge is 0.305 e. The molecule has 0 spiro atoms. The summed E-state index contributed by atoms with van der Waals surface area (Å²) in [6.45, 7) is 6.25. The molecule has 0 aromatic rings. The molecule has 0 aromatic heterocycles. The number of hydrogen-bond donors (Lipinski definition) is 0. The molecule has 0 saturated carbocycles. The van der Waals surface area contributed by atoms with Crippen molar-refractivity contribution < 1.29 is 28.7 Å². The lowest BCUT2D eigenvalue weighted by molar-refractivity contribution is -0.144. The lowest BCUT2D eigenvalue weighted by Crippen LogP contribution is -2.07. The van der Waals surface area contributed by atoms with Crippen LogP contribution in [0.25, 0.3) is 0 Å². The van der Waals surface area contributed by atoms with Crippen molar-refractivity contribution in [1.82, 2.24) is 0 Å². The molecule has 0 unspecified atom stereocenters. The van der Waals surface area contributed by atoms with Gasteiger partial charge in [0, 0.05) is 52.2 Å². The Bertz CT molecular complexity index is 391. The van der Waals surface area contributed by atoms with Gasteiger partial charge in [-0.15, -0.1) is 0 Å². The molecule has 6 heteroatoms. The van der Waals surface area contributed by atoms with E-state index in [1.54, 1.807) is 14.0 Å². The SMILES string of the molecule is CCCCCCC(=O)CCCC(C)=O.COCCCOC(=O)CCCC(C)=O. The van der Waals surface area contributed by atoms with Gasteiger partial charge in [0.15, 0.2) is 0 Å². The van der Waals surface area contributed by atoms with Crippen molar-refractivity contribution >= 4 is 23.3 Å². The van der Waals surface area contributed by atoms with Gasteiger partial charge in [-0.2, -0.15) is 0 Å². The highest BCUT2D eigenvalue weighted by molar-refractivity contribution is 5.80. The zero-order valence-corrected chi connectivity index (χ0v) is 18.3. The largest absolute Gasteiger partial charge is 0.466 e. The van der Waals surface area contributed by atoms with E-state index in [9.17, 15) is 19.2 Å². The van der Waals surface area contributed by atoms with Crippen LogP contribution in [0.2, 0.25) is 0 Å². The molecule has 0 fully saturated rings. The number of ketones is 3. The van der Waals surface area contributed by atoms with Crippen molar-refractivity contribution in [3.05, 3.63) is 0 Å². The van der Waals surface area contributed by atoms with Crippen LogP contribution in [0.4, 0.5) is 0 Å². The van der Waals surface area contributed by atoms with Crippen LogP contribution in [-0.2, 0) is 28.7 Å². The van der Waals surface area contributed by atoms with Crippen molar-refractivity contribution in [3.63, 3.8) is 0 Å². The van der Waals surface area contributed by atoms with Gasteiger partial charge in [-0.1, -0.05) is 26.2 Å². The highest BCUT2D eigenvalue weighted by Crippen LogP contribution is 2.06. The molecule has 0 aliphatic carbocycles. The Morgan fingerprint density at radius 3 is 1.75 bits per heavy atom. The summed E-state index contributed by atoms with van der Waals surface area (Å²) < 4.78 is 9.70.